The van der Waals surface area contributed by atoms with E-state index in [9.17, 15) is 13.6 Å². The van der Waals surface area contributed by atoms with E-state index in [2.05, 4.69) is 22.0 Å². The Labute approximate surface area is 169 Å². The molecule has 3 aromatic rings. The lowest BCUT2D eigenvalue weighted by Crippen LogP contribution is -2.28. The minimum Gasteiger partial charge on any atom is -0.293 e. The maximum absolute atomic E-state index is 13.3. The number of aromatic nitrogens is 4. The van der Waals surface area contributed by atoms with Crippen LogP contribution in [0.25, 0.3) is 5.78 Å². The molecule has 1 fully saturated rings. The number of halogens is 3. The summed E-state index contributed by atoms with van der Waals surface area (Å²) in [5.41, 5.74) is 1.22. The van der Waals surface area contributed by atoms with E-state index in [0.29, 0.717) is 22.0 Å². The number of hydrogen-bond donors (Lipinski definition) is 0. The highest BCUT2D eigenvalue weighted by Crippen LogP contribution is 2.43. The third-order valence-electron chi connectivity index (χ3n) is 5.59. The van der Waals surface area contributed by atoms with Crippen molar-refractivity contribution in [2.24, 2.45) is 11.8 Å². The summed E-state index contributed by atoms with van der Waals surface area (Å²) >= 11 is 7.67. The first-order valence-electron chi connectivity index (χ1n) is 9.13. The van der Waals surface area contributed by atoms with Gasteiger partial charge in [0.05, 0.1) is 15.6 Å². The van der Waals surface area contributed by atoms with Crippen molar-refractivity contribution in [3.05, 3.63) is 44.6 Å². The van der Waals surface area contributed by atoms with Crippen LogP contribution in [-0.4, -0.2) is 25.4 Å². The number of ketones is 1. The lowest BCUT2D eigenvalue weighted by Gasteiger charge is -2.33. The fraction of sp³-hybridized carbons (Fsp3) is 0.474. The lowest BCUT2D eigenvalue weighted by molar-refractivity contribution is 0.0863. The van der Waals surface area contributed by atoms with Crippen molar-refractivity contribution in [2.75, 3.05) is 0 Å². The van der Waals surface area contributed by atoms with Crippen LogP contribution in [0.3, 0.4) is 0 Å². The number of fused-ring (bicyclic) bond motifs is 1. The predicted molar refractivity (Wildman–Crippen MR) is 103 cm³/mol. The van der Waals surface area contributed by atoms with E-state index in [-0.39, 0.29) is 35.0 Å². The molecule has 148 valence electrons. The van der Waals surface area contributed by atoms with Crippen molar-refractivity contribution < 1.29 is 13.6 Å². The molecule has 3 atom stereocenters. The molecule has 3 aromatic heterocycles. The minimum atomic E-state index is -2.69. The van der Waals surface area contributed by atoms with Gasteiger partial charge < -0.3 is 0 Å². The monoisotopic (exact) mass is 424 g/mol. The molecule has 1 aliphatic carbocycles. The van der Waals surface area contributed by atoms with E-state index in [1.165, 1.54) is 28.2 Å². The summed E-state index contributed by atoms with van der Waals surface area (Å²) in [4.78, 5) is 21.5. The molecule has 2 unspecified atom stereocenters. The highest BCUT2D eigenvalue weighted by Gasteiger charge is 2.36. The van der Waals surface area contributed by atoms with Gasteiger partial charge in [0.15, 0.2) is 5.78 Å². The third kappa shape index (κ3) is 3.33. The Morgan fingerprint density at radius 2 is 2.18 bits per heavy atom. The van der Waals surface area contributed by atoms with Crippen molar-refractivity contribution in [2.45, 2.75) is 45.5 Å². The van der Waals surface area contributed by atoms with Gasteiger partial charge in [0, 0.05) is 11.8 Å². The molecular weight excluding hydrogens is 406 g/mol. The second-order valence-corrected chi connectivity index (χ2v) is 8.66. The number of carbonyl (C=O) groups is 1. The topological polar surface area (TPSA) is 60.2 Å². The summed E-state index contributed by atoms with van der Waals surface area (Å²) in [6.45, 7) is 3.96. The number of thiophene rings is 1. The van der Waals surface area contributed by atoms with Gasteiger partial charge in [-0.3, -0.25) is 4.79 Å². The Bertz CT molecular complexity index is 1030. The Morgan fingerprint density at radius 1 is 1.39 bits per heavy atom. The lowest BCUT2D eigenvalue weighted by atomic mass is 9.72. The van der Waals surface area contributed by atoms with Crippen molar-refractivity contribution in [3.8, 4) is 0 Å². The molecule has 9 heteroatoms. The zero-order chi connectivity index (χ0) is 20.0. The smallest absolute Gasteiger partial charge is 0.280 e. The van der Waals surface area contributed by atoms with Gasteiger partial charge in [-0.05, 0) is 49.1 Å². The molecule has 1 saturated carbocycles. The summed E-state index contributed by atoms with van der Waals surface area (Å²) < 4.78 is 28.2. The molecular formula is C19H19ClF2N4OS. The molecule has 4 rings (SSSR count). The molecule has 0 amide bonds. The summed E-state index contributed by atoms with van der Waals surface area (Å²) in [5, 5.41) is 6.57. The SMILES string of the molecule is Cc1csc(C(=O)C2CCC(C)[C@H](c3cc(C(F)F)nc4ncnn34)C2)c1Cl. The van der Waals surface area contributed by atoms with E-state index in [1.54, 1.807) is 0 Å². The molecule has 0 saturated heterocycles. The second-order valence-electron chi connectivity index (χ2n) is 7.40. The fourth-order valence-corrected chi connectivity index (χ4v) is 5.29. The van der Waals surface area contributed by atoms with Crippen molar-refractivity contribution in [1.82, 2.24) is 19.6 Å². The van der Waals surface area contributed by atoms with Gasteiger partial charge in [0.2, 0.25) is 0 Å². The van der Waals surface area contributed by atoms with Crippen LogP contribution in [0.4, 0.5) is 8.78 Å². The average molecular weight is 425 g/mol. The van der Waals surface area contributed by atoms with Gasteiger partial charge in [0.25, 0.3) is 12.2 Å². The van der Waals surface area contributed by atoms with Crippen LogP contribution in [0.5, 0.6) is 0 Å². The van der Waals surface area contributed by atoms with Crippen molar-refractivity contribution in [1.29, 1.82) is 0 Å². The van der Waals surface area contributed by atoms with E-state index in [1.807, 2.05) is 12.3 Å². The van der Waals surface area contributed by atoms with Gasteiger partial charge in [-0.15, -0.1) is 11.3 Å². The van der Waals surface area contributed by atoms with E-state index < -0.39 is 6.43 Å². The maximum atomic E-state index is 13.3. The predicted octanol–water partition coefficient (Wildman–Crippen LogP) is 5.49. The van der Waals surface area contributed by atoms with Gasteiger partial charge in [0.1, 0.15) is 12.0 Å². The number of carbonyl (C=O) groups excluding carboxylic acids is 1. The highest BCUT2D eigenvalue weighted by atomic mass is 35.5. The third-order valence-corrected chi connectivity index (χ3v) is 7.30. The molecule has 0 bridgehead atoms. The molecule has 0 aliphatic heterocycles. The highest BCUT2D eigenvalue weighted by molar-refractivity contribution is 7.13. The first-order chi connectivity index (χ1) is 13.4. The number of aryl methyl sites for hydroxylation is 1. The zero-order valence-corrected chi connectivity index (χ0v) is 17.0. The zero-order valence-electron chi connectivity index (χ0n) is 15.4. The Morgan fingerprint density at radius 3 is 2.86 bits per heavy atom. The van der Waals surface area contributed by atoms with Gasteiger partial charge in [-0.25, -0.2) is 18.3 Å². The number of alkyl halides is 2. The van der Waals surface area contributed by atoms with Crippen LogP contribution in [0.2, 0.25) is 5.02 Å². The molecule has 0 radical (unpaired) electrons. The van der Waals surface area contributed by atoms with E-state index in [4.69, 9.17) is 11.6 Å². The largest absolute Gasteiger partial charge is 0.293 e. The average Bonchev–Trinajstić information content (AvgIpc) is 3.28. The minimum absolute atomic E-state index is 0.0398. The summed E-state index contributed by atoms with van der Waals surface area (Å²) in [5.74, 6) is 0.138. The summed E-state index contributed by atoms with van der Waals surface area (Å²) in [6.07, 6.45) is 0.771. The molecule has 5 nitrogen and oxygen atoms in total. The molecule has 28 heavy (non-hydrogen) atoms. The van der Waals surface area contributed by atoms with Gasteiger partial charge in [-0.2, -0.15) is 10.1 Å². The second kappa shape index (κ2) is 7.48. The molecule has 0 spiro atoms. The Kier molecular flexibility index (Phi) is 5.18. The number of Topliss-reactive ketones (excluding diaryl/α,β-unsaturated/α-hetero) is 1. The van der Waals surface area contributed by atoms with E-state index >= 15 is 0 Å². The van der Waals surface area contributed by atoms with Crippen molar-refractivity contribution in [3.63, 3.8) is 0 Å². The first-order valence-corrected chi connectivity index (χ1v) is 10.4. The summed E-state index contributed by atoms with van der Waals surface area (Å²) in [7, 11) is 0. The maximum Gasteiger partial charge on any atom is 0.280 e. The van der Waals surface area contributed by atoms with Crippen molar-refractivity contribution >= 4 is 34.5 Å². The first kappa shape index (κ1) is 19.4. The van der Waals surface area contributed by atoms with Crippen LogP contribution in [-0.2, 0) is 0 Å². The standard InChI is InChI=1S/C19H19ClF2N4OS/c1-9-3-4-11(16(27)17-15(20)10(2)7-28-17)5-12(9)14-6-13(18(21)22)25-19-23-8-24-26(14)19/h6-9,11-12,18H,3-5H2,1-2H3/t9?,11?,12-/m1/s1. The Hall–Kier alpha value is -1.93. The van der Waals surface area contributed by atoms with Crippen LogP contribution in [0.15, 0.2) is 17.8 Å². The van der Waals surface area contributed by atoms with E-state index in [0.717, 1.165) is 18.4 Å². The van der Waals surface area contributed by atoms with Crippen LogP contribution in [0, 0.1) is 18.8 Å². The van der Waals surface area contributed by atoms with Crippen LogP contribution in [0.1, 0.15) is 65.2 Å². The molecule has 0 aromatic carbocycles. The number of rotatable bonds is 4. The molecule has 3 heterocycles. The quantitative estimate of drug-likeness (QED) is 0.520. The normalized spacial score (nSPS) is 22.9. The Balaban J connectivity index is 1.70. The van der Waals surface area contributed by atoms with Crippen LogP contribution < -0.4 is 0 Å². The summed E-state index contributed by atoms with van der Waals surface area (Å²) in [6, 6.07) is 1.41. The number of hydrogen-bond acceptors (Lipinski definition) is 5. The fourth-order valence-electron chi connectivity index (χ4n) is 3.98. The molecule has 1 aliphatic rings. The van der Waals surface area contributed by atoms with Gasteiger partial charge >= 0.3 is 0 Å². The molecule has 0 N–H and O–H groups in total. The van der Waals surface area contributed by atoms with Gasteiger partial charge in [-0.1, -0.05) is 18.5 Å². The number of nitrogens with zero attached hydrogens (tertiary/aromatic N) is 4. The van der Waals surface area contributed by atoms with Crippen LogP contribution >= 0.6 is 22.9 Å².